The molecule has 0 aliphatic heterocycles. The topological polar surface area (TPSA) is 12.9 Å². The number of pyridine rings is 1. The molecule has 1 aliphatic rings. The van der Waals surface area contributed by atoms with Gasteiger partial charge in [-0.15, -0.1) is 0 Å². The summed E-state index contributed by atoms with van der Waals surface area (Å²) in [4.78, 5) is 4.91. The number of rotatable bonds is 3. The van der Waals surface area contributed by atoms with Crippen LogP contribution in [0.5, 0.6) is 0 Å². The van der Waals surface area contributed by atoms with Crippen molar-refractivity contribution in [3.05, 3.63) is 89.1 Å². The van der Waals surface area contributed by atoms with E-state index >= 15 is 0 Å². The molecule has 1 fully saturated rings. The van der Waals surface area contributed by atoms with E-state index in [0.29, 0.717) is 11.3 Å². The molecule has 0 spiro atoms. The van der Waals surface area contributed by atoms with E-state index in [9.17, 15) is 0 Å². The number of hydrogen-bond donors (Lipinski definition) is 0. The van der Waals surface area contributed by atoms with Gasteiger partial charge in [0.1, 0.15) is 0 Å². The third-order valence-electron chi connectivity index (χ3n) is 7.18. The van der Waals surface area contributed by atoms with E-state index in [2.05, 4.69) is 101 Å². The van der Waals surface area contributed by atoms with Crippen molar-refractivity contribution in [2.45, 2.75) is 59.8 Å². The molecule has 1 unspecified atom stereocenters. The van der Waals surface area contributed by atoms with Gasteiger partial charge in [0.25, 0.3) is 0 Å². The zero-order valence-corrected chi connectivity index (χ0v) is 20.0. The fourth-order valence-electron chi connectivity index (χ4n) is 5.49. The van der Waals surface area contributed by atoms with E-state index in [-0.39, 0.29) is 0 Å². The van der Waals surface area contributed by atoms with Crippen molar-refractivity contribution < 1.29 is 0 Å². The van der Waals surface area contributed by atoms with Crippen LogP contribution in [-0.2, 0) is 0 Å². The maximum Gasteiger partial charge on any atom is 0.0708 e. The minimum absolute atomic E-state index is 0.437. The van der Waals surface area contributed by atoms with Crippen molar-refractivity contribution in [2.24, 2.45) is 5.41 Å². The van der Waals surface area contributed by atoms with Gasteiger partial charge in [0, 0.05) is 17.1 Å². The Bertz CT molecular complexity index is 1270. The SMILES string of the molecule is Cc1ccc(-c2cc(C3CCC(C)(C)C3)cc3cc(-c4cc(C)cc(C)c4)ncc23)cc1. The molecule has 0 bridgehead atoms. The molecule has 1 heteroatoms. The monoisotopic (exact) mass is 419 g/mol. The first-order valence-electron chi connectivity index (χ1n) is 11.9. The maximum absolute atomic E-state index is 4.91. The molecule has 5 rings (SSSR count). The predicted molar refractivity (Wildman–Crippen MR) is 137 cm³/mol. The molecule has 1 heterocycles. The molecule has 1 nitrogen and oxygen atoms in total. The summed E-state index contributed by atoms with van der Waals surface area (Å²) in [5.41, 5.74) is 10.6. The van der Waals surface area contributed by atoms with Crippen LogP contribution in [0.15, 0.2) is 66.9 Å². The first-order valence-corrected chi connectivity index (χ1v) is 11.9. The Hall–Kier alpha value is -2.93. The van der Waals surface area contributed by atoms with Crippen LogP contribution in [0.4, 0.5) is 0 Å². The summed E-state index contributed by atoms with van der Waals surface area (Å²) in [7, 11) is 0. The van der Waals surface area contributed by atoms with Crippen molar-refractivity contribution in [2.75, 3.05) is 0 Å². The van der Waals surface area contributed by atoms with E-state index in [0.717, 1.165) is 5.69 Å². The molecule has 1 aromatic heterocycles. The van der Waals surface area contributed by atoms with Crippen LogP contribution in [0.25, 0.3) is 33.2 Å². The molecular weight excluding hydrogens is 386 g/mol. The Kier molecular flexibility index (Phi) is 5.16. The quantitative estimate of drug-likeness (QED) is 0.323. The van der Waals surface area contributed by atoms with Crippen LogP contribution in [0.2, 0.25) is 0 Å². The highest BCUT2D eigenvalue weighted by Crippen LogP contribution is 2.47. The van der Waals surface area contributed by atoms with Crippen molar-refractivity contribution in [3.63, 3.8) is 0 Å². The van der Waals surface area contributed by atoms with Crippen LogP contribution in [0.3, 0.4) is 0 Å². The summed E-state index contributed by atoms with van der Waals surface area (Å²) in [5, 5.41) is 2.54. The number of hydrogen-bond acceptors (Lipinski definition) is 1. The van der Waals surface area contributed by atoms with Crippen LogP contribution >= 0.6 is 0 Å². The summed E-state index contributed by atoms with van der Waals surface area (Å²) in [5.74, 6) is 0.636. The van der Waals surface area contributed by atoms with E-state index in [1.165, 1.54) is 69.0 Å². The Morgan fingerprint density at radius 2 is 1.50 bits per heavy atom. The lowest BCUT2D eigenvalue weighted by Gasteiger charge is -2.19. The summed E-state index contributed by atoms with van der Waals surface area (Å²) >= 11 is 0. The van der Waals surface area contributed by atoms with Gasteiger partial charge in [-0.1, -0.05) is 73.0 Å². The van der Waals surface area contributed by atoms with Crippen LogP contribution in [0.1, 0.15) is 61.3 Å². The largest absolute Gasteiger partial charge is 0.256 e. The molecule has 1 atom stereocenters. The number of fused-ring (bicyclic) bond motifs is 1. The molecule has 1 aliphatic carbocycles. The molecule has 162 valence electrons. The summed E-state index contributed by atoms with van der Waals surface area (Å²) < 4.78 is 0. The summed E-state index contributed by atoms with van der Waals surface area (Å²) in [6, 6.07) is 22.8. The second kappa shape index (κ2) is 7.89. The number of benzene rings is 3. The molecule has 0 N–H and O–H groups in total. The molecular formula is C31H33N. The van der Waals surface area contributed by atoms with Gasteiger partial charge < -0.3 is 0 Å². The first-order chi connectivity index (χ1) is 15.3. The van der Waals surface area contributed by atoms with Crippen LogP contribution in [0, 0.1) is 26.2 Å². The van der Waals surface area contributed by atoms with Gasteiger partial charge in [-0.2, -0.15) is 0 Å². The molecule has 1 saturated carbocycles. The Balaban J connectivity index is 1.69. The van der Waals surface area contributed by atoms with Gasteiger partial charge in [0.05, 0.1) is 5.69 Å². The second-order valence-corrected chi connectivity index (χ2v) is 10.7. The number of aryl methyl sites for hydroxylation is 3. The highest BCUT2D eigenvalue weighted by Gasteiger charge is 2.32. The van der Waals surface area contributed by atoms with Crippen LogP contribution in [-0.4, -0.2) is 4.98 Å². The van der Waals surface area contributed by atoms with E-state index < -0.39 is 0 Å². The predicted octanol–water partition coefficient (Wildman–Crippen LogP) is 8.79. The van der Waals surface area contributed by atoms with Gasteiger partial charge in [-0.05, 0) is 91.6 Å². The van der Waals surface area contributed by atoms with Gasteiger partial charge in [-0.3, -0.25) is 4.98 Å². The third-order valence-corrected chi connectivity index (χ3v) is 7.18. The van der Waals surface area contributed by atoms with Gasteiger partial charge >= 0.3 is 0 Å². The Morgan fingerprint density at radius 3 is 2.16 bits per heavy atom. The lowest BCUT2D eigenvalue weighted by atomic mass is 9.86. The lowest BCUT2D eigenvalue weighted by Crippen LogP contribution is -2.04. The normalized spacial score (nSPS) is 17.7. The minimum Gasteiger partial charge on any atom is -0.256 e. The zero-order valence-electron chi connectivity index (χ0n) is 20.0. The Morgan fingerprint density at radius 1 is 0.781 bits per heavy atom. The van der Waals surface area contributed by atoms with Crippen molar-refractivity contribution in [1.82, 2.24) is 4.98 Å². The van der Waals surface area contributed by atoms with Crippen molar-refractivity contribution >= 4 is 10.8 Å². The lowest BCUT2D eigenvalue weighted by molar-refractivity contribution is 0.376. The van der Waals surface area contributed by atoms with Crippen molar-refractivity contribution in [3.8, 4) is 22.4 Å². The van der Waals surface area contributed by atoms with Crippen molar-refractivity contribution in [1.29, 1.82) is 0 Å². The average Bonchev–Trinajstić information content (AvgIpc) is 3.12. The fourth-order valence-corrected chi connectivity index (χ4v) is 5.49. The third kappa shape index (κ3) is 4.09. The van der Waals surface area contributed by atoms with Gasteiger partial charge in [0.2, 0.25) is 0 Å². The van der Waals surface area contributed by atoms with E-state index in [1.54, 1.807) is 0 Å². The summed E-state index contributed by atoms with van der Waals surface area (Å²) in [6.07, 6.45) is 5.93. The van der Waals surface area contributed by atoms with Crippen LogP contribution < -0.4 is 0 Å². The molecule has 32 heavy (non-hydrogen) atoms. The smallest absolute Gasteiger partial charge is 0.0708 e. The molecule has 4 aromatic rings. The maximum atomic E-state index is 4.91. The molecule has 0 amide bonds. The van der Waals surface area contributed by atoms with Gasteiger partial charge in [0.15, 0.2) is 0 Å². The zero-order chi connectivity index (χ0) is 22.5. The average molecular weight is 420 g/mol. The van der Waals surface area contributed by atoms with Gasteiger partial charge in [-0.25, -0.2) is 0 Å². The molecule has 0 radical (unpaired) electrons. The molecule has 0 saturated heterocycles. The standard InChI is InChI=1S/C31H33N/c1-20-6-8-23(9-7-20)28-16-25(24-10-11-31(4,5)18-24)15-26-17-30(32-19-29(26)28)27-13-21(2)12-22(3)14-27/h6-9,12-17,19,24H,10-11,18H2,1-5H3. The van der Waals surface area contributed by atoms with E-state index in [4.69, 9.17) is 4.98 Å². The number of aromatic nitrogens is 1. The fraction of sp³-hybridized carbons (Fsp3) is 0.323. The Labute approximate surface area is 192 Å². The first kappa shape index (κ1) is 20.9. The summed E-state index contributed by atoms with van der Waals surface area (Å²) in [6.45, 7) is 11.3. The second-order valence-electron chi connectivity index (χ2n) is 10.7. The number of nitrogens with zero attached hydrogens (tertiary/aromatic N) is 1. The molecule has 3 aromatic carbocycles. The minimum atomic E-state index is 0.437. The highest BCUT2D eigenvalue weighted by atomic mass is 14.7. The van der Waals surface area contributed by atoms with E-state index in [1.807, 2.05) is 0 Å². The highest BCUT2D eigenvalue weighted by molar-refractivity contribution is 5.98.